The predicted octanol–water partition coefficient (Wildman–Crippen LogP) is 6.13. The van der Waals surface area contributed by atoms with Gasteiger partial charge in [-0.25, -0.2) is 0 Å². The summed E-state index contributed by atoms with van der Waals surface area (Å²) in [4.78, 5) is 20.0. The number of unbranched alkanes of at least 4 members (excludes halogenated alkanes) is 8. The van der Waals surface area contributed by atoms with Gasteiger partial charge >= 0.3 is 14.2 Å². The average molecular weight is 403 g/mol. The van der Waals surface area contributed by atoms with Crippen LogP contribution in [0.1, 0.15) is 90.4 Å². The summed E-state index contributed by atoms with van der Waals surface area (Å²) in [5, 5.41) is 0. The SMILES string of the molecule is CCCCC/C=C\C/C=C\CCCCCCCC(=O)OCCCO[PH](=O)O. The Labute approximate surface area is 166 Å². The molecule has 0 bridgehead atoms. The van der Waals surface area contributed by atoms with Gasteiger partial charge in [0, 0.05) is 12.8 Å². The Morgan fingerprint density at radius 3 is 2.15 bits per heavy atom. The van der Waals surface area contributed by atoms with Gasteiger partial charge in [-0.15, -0.1) is 0 Å². The molecule has 0 aromatic heterocycles. The minimum absolute atomic E-state index is 0.144. The first-order chi connectivity index (χ1) is 13.2. The molecule has 0 fully saturated rings. The third-order valence-corrected chi connectivity index (χ3v) is 4.56. The Kier molecular flexibility index (Phi) is 20.7. The van der Waals surface area contributed by atoms with Gasteiger partial charge in [-0.3, -0.25) is 9.36 Å². The third-order valence-electron chi connectivity index (χ3n) is 4.11. The van der Waals surface area contributed by atoms with Crippen molar-refractivity contribution >= 4 is 14.2 Å². The second kappa shape index (κ2) is 21.4. The minimum atomic E-state index is -2.87. The van der Waals surface area contributed by atoms with Crippen molar-refractivity contribution in [2.75, 3.05) is 13.2 Å². The number of hydrogen-bond donors (Lipinski definition) is 1. The lowest BCUT2D eigenvalue weighted by Gasteiger charge is -2.04. The lowest BCUT2D eigenvalue weighted by molar-refractivity contribution is -0.144. The van der Waals surface area contributed by atoms with Crippen LogP contribution < -0.4 is 0 Å². The van der Waals surface area contributed by atoms with Crippen LogP contribution in [-0.2, 0) is 18.6 Å². The molecule has 0 aromatic carbocycles. The normalized spacial score (nSPS) is 12.8. The van der Waals surface area contributed by atoms with Gasteiger partial charge in [0.05, 0.1) is 13.2 Å². The highest BCUT2D eigenvalue weighted by molar-refractivity contribution is 7.32. The monoisotopic (exact) mass is 402 g/mol. The fourth-order valence-electron chi connectivity index (χ4n) is 2.56. The Morgan fingerprint density at radius 2 is 1.48 bits per heavy atom. The highest BCUT2D eigenvalue weighted by Crippen LogP contribution is 2.14. The van der Waals surface area contributed by atoms with E-state index in [4.69, 9.17) is 9.63 Å². The molecule has 0 rings (SSSR count). The smallest absolute Gasteiger partial charge is 0.316 e. The Morgan fingerprint density at radius 1 is 0.852 bits per heavy atom. The summed E-state index contributed by atoms with van der Waals surface area (Å²) in [6.45, 7) is 2.62. The largest absolute Gasteiger partial charge is 0.466 e. The van der Waals surface area contributed by atoms with Gasteiger partial charge in [-0.1, -0.05) is 63.3 Å². The predicted molar refractivity (Wildman–Crippen MR) is 112 cm³/mol. The maximum atomic E-state index is 11.5. The summed E-state index contributed by atoms with van der Waals surface area (Å²) in [6, 6.07) is 0. The van der Waals surface area contributed by atoms with Crippen LogP contribution in [-0.4, -0.2) is 24.1 Å². The molecule has 5 nitrogen and oxygen atoms in total. The second-order valence-electron chi connectivity index (χ2n) is 6.67. The minimum Gasteiger partial charge on any atom is -0.466 e. The summed E-state index contributed by atoms with van der Waals surface area (Å²) in [7, 11) is -2.87. The molecule has 27 heavy (non-hydrogen) atoms. The molecule has 0 aliphatic heterocycles. The van der Waals surface area contributed by atoms with Gasteiger partial charge in [0.25, 0.3) is 0 Å². The van der Waals surface area contributed by atoms with Crippen molar-refractivity contribution < 1.29 is 23.5 Å². The van der Waals surface area contributed by atoms with Crippen LogP contribution in [0, 0.1) is 0 Å². The van der Waals surface area contributed by atoms with E-state index in [2.05, 4.69) is 35.8 Å². The van der Waals surface area contributed by atoms with Crippen LogP contribution in [0.4, 0.5) is 0 Å². The first kappa shape index (κ1) is 26.1. The van der Waals surface area contributed by atoms with E-state index in [0.29, 0.717) is 12.8 Å². The van der Waals surface area contributed by atoms with Crippen molar-refractivity contribution in [2.24, 2.45) is 0 Å². The van der Waals surface area contributed by atoms with E-state index < -0.39 is 8.25 Å². The van der Waals surface area contributed by atoms with E-state index in [1.807, 2.05) is 0 Å². The van der Waals surface area contributed by atoms with Gasteiger partial charge < -0.3 is 14.2 Å². The number of carbonyl (C=O) groups is 1. The van der Waals surface area contributed by atoms with Crippen molar-refractivity contribution in [2.45, 2.75) is 90.4 Å². The fraction of sp³-hybridized carbons (Fsp3) is 0.762. The first-order valence-electron chi connectivity index (χ1n) is 10.5. The molecule has 0 heterocycles. The van der Waals surface area contributed by atoms with E-state index in [1.165, 1.54) is 38.5 Å². The summed E-state index contributed by atoms with van der Waals surface area (Å²) in [5.74, 6) is -0.197. The zero-order valence-electron chi connectivity index (χ0n) is 17.0. The van der Waals surface area contributed by atoms with Crippen LogP contribution in [0.5, 0.6) is 0 Å². The summed E-state index contributed by atoms with van der Waals surface area (Å²) in [6.07, 6.45) is 22.7. The Balaban J connectivity index is 3.28. The first-order valence-corrected chi connectivity index (χ1v) is 11.7. The summed E-state index contributed by atoms with van der Waals surface area (Å²) >= 11 is 0. The number of carbonyl (C=O) groups excluding carboxylic acids is 1. The van der Waals surface area contributed by atoms with Gasteiger partial charge in [-0.2, -0.15) is 0 Å². The maximum absolute atomic E-state index is 11.5. The summed E-state index contributed by atoms with van der Waals surface area (Å²) < 4.78 is 19.9. The van der Waals surface area contributed by atoms with E-state index in [1.54, 1.807) is 0 Å². The van der Waals surface area contributed by atoms with Crippen molar-refractivity contribution in [1.29, 1.82) is 0 Å². The lowest BCUT2D eigenvalue weighted by Crippen LogP contribution is -2.07. The van der Waals surface area contributed by atoms with Crippen molar-refractivity contribution in [1.82, 2.24) is 0 Å². The fourth-order valence-corrected chi connectivity index (χ4v) is 2.88. The molecule has 0 aliphatic carbocycles. The van der Waals surface area contributed by atoms with Crippen LogP contribution >= 0.6 is 8.25 Å². The van der Waals surface area contributed by atoms with Gasteiger partial charge in [-0.05, 0) is 38.5 Å². The second-order valence-corrected chi connectivity index (χ2v) is 7.49. The van der Waals surface area contributed by atoms with Crippen LogP contribution in [0.3, 0.4) is 0 Å². The highest BCUT2D eigenvalue weighted by Gasteiger charge is 2.02. The molecular weight excluding hydrogens is 363 g/mol. The quantitative estimate of drug-likeness (QED) is 0.122. The van der Waals surface area contributed by atoms with Gasteiger partial charge in [0.1, 0.15) is 0 Å². The molecule has 0 saturated carbocycles. The number of ether oxygens (including phenoxy) is 1. The molecule has 158 valence electrons. The zero-order valence-corrected chi connectivity index (χ0v) is 18.0. The number of hydrogen-bond acceptors (Lipinski definition) is 4. The molecule has 6 heteroatoms. The zero-order chi connectivity index (χ0) is 20.0. The van der Waals surface area contributed by atoms with Crippen molar-refractivity contribution in [3.63, 3.8) is 0 Å². The summed E-state index contributed by atoms with van der Waals surface area (Å²) in [5.41, 5.74) is 0. The van der Waals surface area contributed by atoms with Gasteiger partial charge in [0.2, 0.25) is 0 Å². The number of rotatable bonds is 19. The van der Waals surface area contributed by atoms with Crippen molar-refractivity contribution in [3.8, 4) is 0 Å². The Bertz CT molecular complexity index is 421. The van der Waals surface area contributed by atoms with Crippen LogP contribution in [0.2, 0.25) is 0 Å². The average Bonchev–Trinajstić information content (AvgIpc) is 2.64. The highest BCUT2D eigenvalue weighted by atomic mass is 31.1. The molecular formula is C21H39O5P. The van der Waals surface area contributed by atoms with E-state index in [0.717, 1.165) is 32.1 Å². The van der Waals surface area contributed by atoms with Crippen LogP contribution in [0.15, 0.2) is 24.3 Å². The molecule has 0 aliphatic rings. The molecule has 0 spiro atoms. The lowest BCUT2D eigenvalue weighted by atomic mass is 10.1. The molecule has 0 aromatic rings. The molecule has 0 radical (unpaired) electrons. The van der Waals surface area contributed by atoms with E-state index in [9.17, 15) is 9.36 Å². The third kappa shape index (κ3) is 23.1. The topological polar surface area (TPSA) is 72.8 Å². The van der Waals surface area contributed by atoms with E-state index in [-0.39, 0.29) is 19.2 Å². The maximum Gasteiger partial charge on any atom is 0.316 e. The number of allylic oxidation sites excluding steroid dienone is 4. The Hall–Kier alpha value is -0.900. The number of esters is 1. The molecule has 0 saturated heterocycles. The molecule has 0 amide bonds. The van der Waals surface area contributed by atoms with E-state index >= 15 is 0 Å². The standard InChI is InChI=1S/C21H39O5P/c1-2-3-4-5-6-7-8-9-10-11-12-13-14-15-16-18-21(22)25-19-17-20-26-27(23)24/h6-7,9-10,27H,2-5,8,11-20H2,1H3,(H,23,24)/b7-6-,10-9-. The molecule has 1 N–H and O–H groups in total. The molecule has 1 atom stereocenters. The molecule has 1 unspecified atom stereocenters. The van der Waals surface area contributed by atoms with Gasteiger partial charge in [0.15, 0.2) is 0 Å². The van der Waals surface area contributed by atoms with Crippen LogP contribution in [0.25, 0.3) is 0 Å². The van der Waals surface area contributed by atoms with Crippen molar-refractivity contribution in [3.05, 3.63) is 24.3 Å².